The summed E-state index contributed by atoms with van der Waals surface area (Å²) in [5.74, 6) is -0.277. The number of hydrogen-bond acceptors (Lipinski definition) is 7. The number of nitrogens with zero attached hydrogens (tertiary/aromatic N) is 4. The molecule has 9 heteroatoms. The highest BCUT2D eigenvalue weighted by molar-refractivity contribution is 5.95. The average molecular weight is 722 g/mol. The van der Waals surface area contributed by atoms with Crippen LogP contribution in [-0.2, 0) is 21.0 Å². The summed E-state index contributed by atoms with van der Waals surface area (Å²) in [5, 5.41) is 7.91. The van der Waals surface area contributed by atoms with Crippen molar-refractivity contribution in [3.63, 3.8) is 0 Å². The maximum Gasteiger partial charge on any atom is 0.307 e. The van der Waals surface area contributed by atoms with Crippen molar-refractivity contribution < 1.29 is 19.1 Å². The Morgan fingerprint density at radius 2 is 1.40 bits per heavy atom. The van der Waals surface area contributed by atoms with Gasteiger partial charge in [0.1, 0.15) is 5.69 Å². The molecule has 1 aliphatic rings. The Morgan fingerprint density at radius 1 is 0.755 bits per heavy atom. The molecule has 0 spiro atoms. The number of unbranched alkanes of at least 4 members (excludes halogenated alkanes) is 14. The van der Waals surface area contributed by atoms with E-state index in [1.165, 1.54) is 83.5 Å². The molecule has 53 heavy (non-hydrogen) atoms. The van der Waals surface area contributed by atoms with Gasteiger partial charge in [-0.05, 0) is 61.2 Å². The molecule has 1 aliphatic heterocycles. The van der Waals surface area contributed by atoms with Crippen molar-refractivity contribution in [3.8, 4) is 33.8 Å². The van der Waals surface area contributed by atoms with E-state index >= 15 is 0 Å². The molecule has 5 rings (SSSR count). The van der Waals surface area contributed by atoms with E-state index in [0.717, 1.165) is 53.8 Å². The molecule has 0 unspecified atom stereocenters. The maximum absolute atomic E-state index is 12.8. The van der Waals surface area contributed by atoms with Crippen LogP contribution in [0.1, 0.15) is 133 Å². The predicted octanol–water partition coefficient (Wildman–Crippen LogP) is 10.3. The largest absolute Gasteiger partial charge is 0.442 e. The lowest BCUT2D eigenvalue weighted by Gasteiger charge is -2.23. The maximum atomic E-state index is 12.8. The average Bonchev–Trinajstić information content (AvgIpc) is 3.64. The summed E-state index contributed by atoms with van der Waals surface area (Å²) in [6, 6.07) is 17.3. The number of benzene rings is 1. The summed E-state index contributed by atoms with van der Waals surface area (Å²) in [6.07, 6.45) is 26.9. The number of amides is 1. The monoisotopic (exact) mass is 721 g/mol. The van der Waals surface area contributed by atoms with Crippen molar-refractivity contribution in [1.29, 1.82) is 0 Å². The fourth-order valence-electron chi connectivity index (χ4n) is 6.90. The van der Waals surface area contributed by atoms with Crippen LogP contribution in [0.2, 0.25) is 0 Å². The highest BCUT2D eigenvalue weighted by Gasteiger charge is 2.18. The first kappa shape index (κ1) is 39.8. The first-order valence-corrected chi connectivity index (χ1v) is 20.2. The van der Waals surface area contributed by atoms with E-state index in [0.29, 0.717) is 30.9 Å². The molecule has 9 nitrogen and oxygen atoms in total. The highest BCUT2D eigenvalue weighted by atomic mass is 16.5. The summed E-state index contributed by atoms with van der Waals surface area (Å²) in [6.45, 7) is 3.66. The quantitative estimate of drug-likeness (QED) is 0.0600. The van der Waals surface area contributed by atoms with Crippen LogP contribution in [-0.4, -0.2) is 50.9 Å². The molecule has 0 saturated carbocycles. The molecule has 1 aromatic carbocycles. The molecular formula is C44H59N5O4. The molecule has 1 N–H and O–H groups in total. The zero-order valence-corrected chi connectivity index (χ0v) is 31.8. The van der Waals surface area contributed by atoms with Crippen LogP contribution in [0.25, 0.3) is 33.8 Å². The number of nitrogens with one attached hydrogen (secondary N) is 1. The fraction of sp³-hybridized carbons (Fsp3) is 0.523. The first-order valence-electron chi connectivity index (χ1n) is 20.2. The minimum Gasteiger partial charge on any atom is -0.442 e. The number of hydrogen-bond donors (Lipinski definition) is 1. The Kier molecular flexibility index (Phi) is 17.0. The molecule has 4 heterocycles. The lowest BCUT2D eigenvalue weighted by molar-refractivity contribution is -0.148. The molecule has 0 aliphatic carbocycles. The lowest BCUT2D eigenvalue weighted by Crippen LogP contribution is -2.38. The lowest BCUT2D eigenvalue weighted by atomic mass is 10.0. The van der Waals surface area contributed by atoms with Crippen LogP contribution in [0.5, 0.6) is 0 Å². The molecule has 3 aromatic heterocycles. The van der Waals surface area contributed by atoms with Gasteiger partial charge in [0.05, 0.1) is 11.4 Å². The molecule has 1 saturated heterocycles. The molecule has 1 amide bonds. The van der Waals surface area contributed by atoms with E-state index in [9.17, 15) is 9.59 Å². The number of carbonyl (C=O) groups excluding carboxylic acids is 2. The zero-order valence-electron chi connectivity index (χ0n) is 31.8. The Hall–Kier alpha value is -4.37. The van der Waals surface area contributed by atoms with Crippen molar-refractivity contribution in [2.75, 3.05) is 13.2 Å². The molecular weight excluding hydrogens is 663 g/mol. The third-order valence-corrected chi connectivity index (χ3v) is 10.1. The van der Waals surface area contributed by atoms with Crippen LogP contribution in [0.15, 0.2) is 73.2 Å². The van der Waals surface area contributed by atoms with Gasteiger partial charge in [-0.25, -0.2) is 4.68 Å². The summed E-state index contributed by atoms with van der Waals surface area (Å²) >= 11 is 0. The van der Waals surface area contributed by atoms with Crippen LogP contribution in [0.4, 0.5) is 0 Å². The number of esters is 1. The molecule has 1 fully saturated rings. The Balaban J connectivity index is 1.08. The Morgan fingerprint density at radius 3 is 2.04 bits per heavy atom. The van der Waals surface area contributed by atoms with Crippen LogP contribution < -0.4 is 5.32 Å². The summed E-state index contributed by atoms with van der Waals surface area (Å²) in [4.78, 5) is 34.6. The number of rotatable bonds is 23. The topological polar surface area (TPSA) is 108 Å². The second-order valence-electron chi connectivity index (χ2n) is 14.4. The molecule has 0 bridgehead atoms. The molecule has 4 aromatic rings. The molecule has 284 valence electrons. The van der Waals surface area contributed by atoms with Crippen LogP contribution in [0, 0.1) is 0 Å². The zero-order chi connectivity index (χ0) is 36.9. The van der Waals surface area contributed by atoms with Gasteiger partial charge in [0.15, 0.2) is 6.73 Å². The minimum atomic E-state index is -0.202. The summed E-state index contributed by atoms with van der Waals surface area (Å²) in [5.41, 5.74) is 5.47. The van der Waals surface area contributed by atoms with Gasteiger partial charge in [0.2, 0.25) is 0 Å². The van der Waals surface area contributed by atoms with E-state index in [2.05, 4.69) is 22.2 Å². The van der Waals surface area contributed by atoms with Crippen molar-refractivity contribution in [2.24, 2.45) is 0 Å². The van der Waals surface area contributed by atoms with E-state index in [1.807, 2.05) is 60.8 Å². The van der Waals surface area contributed by atoms with Gasteiger partial charge in [-0.3, -0.25) is 19.6 Å². The highest BCUT2D eigenvalue weighted by Crippen LogP contribution is 2.32. The minimum absolute atomic E-state index is 0.0345. The third-order valence-electron chi connectivity index (χ3n) is 10.1. The van der Waals surface area contributed by atoms with E-state index in [4.69, 9.17) is 14.6 Å². The smallest absolute Gasteiger partial charge is 0.307 e. The predicted molar refractivity (Wildman–Crippen MR) is 211 cm³/mol. The number of pyridine rings is 2. The number of aromatic nitrogens is 4. The van der Waals surface area contributed by atoms with Crippen molar-refractivity contribution in [2.45, 2.75) is 135 Å². The fourth-order valence-corrected chi connectivity index (χ4v) is 6.90. The standard InChI is InChI=1S/C44H59N5O4/c1-2-3-4-5-6-7-8-9-10-11-12-13-14-15-16-20-42(50)53-34-49-33-39(43(48-49)40-19-17-18-28-45-40)37-25-29-46-41(32-37)35-21-23-36(24-22-35)44(51)47-38-26-30-52-31-27-38/h17-19,21-25,28-29,32-33,38H,2-16,20,26-27,30-31,34H2,1H3,(H,47,51). The molecule has 0 atom stereocenters. The number of carbonyl (C=O) groups is 2. The normalized spacial score (nSPS) is 13.2. The van der Waals surface area contributed by atoms with E-state index in [1.54, 1.807) is 17.1 Å². The van der Waals surface area contributed by atoms with Crippen LogP contribution in [0.3, 0.4) is 0 Å². The van der Waals surface area contributed by atoms with E-state index in [-0.39, 0.29) is 24.6 Å². The third kappa shape index (κ3) is 13.5. The SMILES string of the molecule is CCCCCCCCCCCCCCCCCC(=O)OCn1cc(-c2ccnc(-c3ccc(C(=O)NC4CCOCC4)cc3)c2)c(-c2ccccn2)n1. The summed E-state index contributed by atoms with van der Waals surface area (Å²) < 4.78 is 12.7. The van der Waals surface area contributed by atoms with Gasteiger partial charge >= 0.3 is 5.97 Å². The van der Waals surface area contributed by atoms with Gasteiger partial charge in [0, 0.05) is 61.0 Å². The van der Waals surface area contributed by atoms with Crippen LogP contribution >= 0.6 is 0 Å². The van der Waals surface area contributed by atoms with Gasteiger partial charge in [-0.15, -0.1) is 0 Å². The number of ether oxygens (including phenoxy) is 2. The van der Waals surface area contributed by atoms with E-state index < -0.39 is 0 Å². The summed E-state index contributed by atoms with van der Waals surface area (Å²) in [7, 11) is 0. The second kappa shape index (κ2) is 22.6. The Bertz CT molecular complexity index is 1650. The van der Waals surface area contributed by atoms with Crippen molar-refractivity contribution in [1.82, 2.24) is 25.1 Å². The molecule has 0 radical (unpaired) electrons. The van der Waals surface area contributed by atoms with Gasteiger partial charge in [-0.2, -0.15) is 5.10 Å². The van der Waals surface area contributed by atoms with Crippen molar-refractivity contribution in [3.05, 3.63) is 78.8 Å². The van der Waals surface area contributed by atoms with Gasteiger partial charge in [0.25, 0.3) is 5.91 Å². The second-order valence-corrected chi connectivity index (χ2v) is 14.4. The van der Waals surface area contributed by atoms with Gasteiger partial charge < -0.3 is 14.8 Å². The first-order chi connectivity index (χ1) is 26.1. The Labute approximate surface area is 316 Å². The van der Waals surface area contributed by atoms with Crippen molar-refractivity contribution >= 4 is 11.9 Å². The van der Waals surface area contributed by atoms with Gasteiger partial charge in [-0.1, -0.05) is 115 Å².